The molecular formula is C11H12N6. The fraction of sp³-hybridized carbons (Fsp3) is 0.273. The number of fused-ring (bicyclic) bond motifs is 1. The summed E-state index contributed by atoms with van der Waals surface area (Å²) in [4.78, 5) is 8.54. The number of rotatable bonds is 2. The first kappa shape index (κ1) is 9.95. The Morgan fingerprint density at radius 1 is 1.29 bits per heavy atom. The Morgan fingerprint density at radius 3 is 2.94 bits per heavy atom. The highest BCUT2D eigenvalue weighted by molar-refractivity contribution is 5.74. The maximum Gasteiger partial charge on any atom is 0.185 e. The van der Waals surface area contributed by atoms with E-state index in [1.54, 1.807) is 29.3 Å². The van der Waals surface area contributed by atoms with Crippen molar-refractivity contribution in [2.45, 2.75) is 19.8 Å². The Hall–Kier alpha value is -2.24. The summed E-state index contributed by atoms with van der Waals surface area (Å²) in [5.41, 5.74) is 1.79. The molecule has 0 aliphatic heterocycles. The van der Waals surface area contributed by atoms with E-state index in [1.807, 2.05) is 0 Å². The monoisotopic (exact) mass is 228 g/mol. The van der Waals surface area contributed by atoms with Gasteiger partial charge in [0.1, 0.15) is 5.82 Å². The van der Waals surface area contributed by atoms with Crippen molar-refractivity contribution in [2.75, 3.05) is 0 Å². The lowest BCUT2D eigenvalue weighted by Gasteiger charge is -1.95. The summed E-state index contributed by atoms with van der Waals surface area (Å²) >= 11 is 0. The molecule has 0 amide bonds. The largest absolute Gasteiger partial charge is 0.262 e. The van der Waals surface area contributed by atoms with Crippen LogP contribution in [0.15, 0.2) is 24.8 Å². The van der Waals surface area contributed by atoms with E-state index < -0.39 is 0 Å². The molecule has 0 fully saturated rings. The molecule has 3 aromatic heterocycles. The van der Waals surface area contributed by atoms with E-state index >= 15 is 0 Å². The van der Waals surface area contributed by atoms with E-state index in [4.69, 9.17) is 0 Å². The molecule has 0 saturated heterocycles. The van der Waals surface area contributed by atoms with Crippen LogP contribution in [0.5, 0.6) is 0 Å². The van der Waals surface area contributed by atoms with Gasteiger partial charge in [0.2, 0.25) is 0 Å². The van der Waals surface area contributed by atoms with Gasteiger partial charge >= 0.3 is 0 Å². The van der Waals surface area contributed by atoms with Crippen LogP contribution in [0.3, 0.4) is 0 Å². The van der Waals surface area contributed by atoms with Crippen LogP contribution in [0.25, 0.3) is 16.9 Å². The second-order valence-electron chi connectivity index (χ2n) is 4.16. The second kappa shape index (κ2) is 3.65. The van der Waals surface area contributed by atoms with Gasteiger partial charge in [0, 0.05) is 18.3 Å². The molecule has 0 unspecified atom stereocenters. The highest BCUT2D eigenvalue weighted by atomic mass is 15.2. The van der Waals surface area contributed by atoms with Crippen molar-refractivity contribution in [3.8, 4) is 11.4 Å². The van der Waals surface area contributed by atoms with Gasteiger partial charge in [0.15, 0.2) is 5.82 Å². The van der Waals surface area contributed by atoms with Crippen LogP contribution in [0.4, 0.5) is 0 Å². The SMILES string of the molecule is CC(C)c1nc(-c2cnn3ccncc23)n[nH]1. The quantitative estimate of drug-likeness (QED) is 0.723. The van der Waals surface area contributed by atoms with Crippen molar-refractivity contribution in [2.24, 2.45) is 0 Å². The van der Waals surface area contributed by atoms with Crippen LogP contribution in [0, 0.1) is 0 Å². The Bertz CT molecular complexity index is 651. The molecule has 0 atom stereocenters. The lowest BCUT2D eigenvalue weighted by atomic mass is 10.2. The summed E-state index contributed by atoms with van der Waals surface area (Å²) in [6, 6.07) is 0. The number of nitrogens with one attached hydrogen (secondary N) is 1. The molecule has 0 spiro atoms. The van der Waals surface area contributed by atoms with E-state index in [2.05, 4.69) is 39.1 Å². The zero-order valence-corrected chi connectivity index (χ0v) is 9.62. The molecule has 0 aliphatic rings. The molecule has 0 aliphatic carbocycles. The van der Waals surface area contributed by atoms with Gasteiger partial charge in [-0.05, 0) is 0 Å². The van der Waals surface area contributed by atoms with E-state index in [0.717, 1.165) is 16.9 Å². The maximum atomic E-state index is 4.45. The van der Waals surface area contributed by atoms with Crippen LogP contribution in [0.2, 0.25) is 0 Å². The van der Waals surface area contributed by atoms with Gasteiger partial charge in [-0.2, -0.15) is 10.2 Å². The van der Waals surface area contributed by atoms with Gasteiger partial charge in [-0.1, -0.05) is 13.8 Å². The third-order valence-corrected chi connectivity index (χ3v) is 2.62. The molecule has 0 aromatic carbocycles. The topological polar surface area (TPSA) is 71.8 Å². The lowest BCUT2D eigenvalue weighted by Crippen LogP contribution is -1.89. The summed E-state index contributed by atoms with van der Waals surface area (Å²) in [7, 11) is 0. The summed E-state index contributed by atoms with van der Waals surface area (Å²) < 4.78 is 1.76. The lowest BCUT2D eigenvalue weighted by molar-refractivity contribution is 0.781. The predicted octanol–water partition coefficient (Wildman–Crippen LogP) is 1.64. The highest BCUT2D eigenvalue weighted by Crippen LogP contribution is 2.21. The molecular weight excluding hydrogens is 216 g/mol. The average Bonchev–Trinajstić information content (AvgIpc) is 2.95. The van der Waals surface area contributed by atoms with Crippen molar-refractivity contribution >= 4 is 5.52 Å². The number of aromatic amines is 1. The molecule has 6 nitrogen and oxygen atoms in total. The standard InChI is InChI=1S/C11H12N6/c1-7(2)10-14-11(16-15-10)8-5-13-17-4-3-12-6-9(8)17/h3-7H,1-2H3,(H,14,15,16). The Balaban J connectivity index is 2.14. The van der Waals surface area contributed by atoms with Gasteiger partial charge in [0.05, 0.1) is 23.5 Å². The van der Waals surface area contributed by atoms with Crippen molar-refractivity contribution in [3.05, 3.63) is 30.6 Å². The van der Waals surface area contributed by atoms with Gasteiger partial charge in [-0.25, -0.2) is 9.50 Å². The van der Waals surface area contributed by atoms with Crippen molar-refractivity contribution in [1.82, 2.24) is 29.8 Å². The van der Waals surface area contributed by atoms with Crippen LogP contribution >= 0.6 is 0 Å². The number of hydrogen-bond acceptors (Lipinski definition) is 4. The molecule has 0 saturated carbocycles. The molecule has 3 heterocycles. The van der Waals surface area contributed by atoms with Gasteiger partial charge in [-0.3, -0.25) is 10.1 Å². The van der Waals surface area contributed by atoms with Crippen LogP contribution in [0.1, 0.15) is 25.6 Å². The van der Waals surface area contributed by atoms with E-state index in [9.17, 15) is 0 Å². The van der Waals surface area contributed by atoms with Crippen molar-refractivity contribution < 1.29 is 0 Å². The van der Waals surface area contributed by atoms with Gasteiger partial charge < -0.3 is 0 Å². The molecule has 3 aromatic rings. The minimum absolute atomic E-state index is 0.330. The van der Waals surface area contributed by atoms with Crippen LogP contribution in [-0.2, 0) is 0 Å². The predicted molar refractivity (Wildman–Crippen MR) is 62.5 cm³/mol. The normalized spacial score (nSPS) is 11.5. The molecule has 0 radical (unpaired) electrons. The number of H-pyrrole nitrogens is 1. The van der Waals surface area contributed by atoms with Crippen molar-refractivity contribution in [1.29, 1.82) is 0 Å². The summed E-state index contributed by atoms with van der Waals surface area (Å²) in [5, 5.41) is 11.4. The number of nitrogens with zero attached hydrogens (tertiary/aromatic N) is 5. The van der Waals surface area contributed by atoms with Crippen LogP contribution in [-0.4, -0.2) is 29.8 Å². The first-order valence-corrected chi connectivity index (χ1v) is 5.45. The van der Waals surface area contributed by atoms with Gasteiger partial charge in [-0.15, -0.1) is 0 Å². The Labute approximate surface area is 97.7 Å². The van der Waals surface area contributed by atoms with Crippen molar-refractivity contribution in [3.63, 3.8) is 0 Å². The van der Waals surface area contributed by atoms with E-state index in [1.165, 1.54) is 0 Å². The number of aromatic nitrogens is 6. The van der Waals surface area contributed by atoms with E-state index in [-0.39, 0.29) is 0 Å². The smallest absolute Gasteiger partial charge is 0.185 e. The zero-order valence-electron chi connectivity index (χ0n) is 9.62. The third-order valence-electron chi connectivity index (χ3n) is 2.62. The van der Waals surface area contributed by atoms with Crippen LogP contribution < -0.4 is 0 Å². The summed E-state index contributed by atoms with van der Waals surface area (Å²) in [6.07, 6.45) is 7.01. The molecule has 86 valence electrons. The zero-order chi connectivity index (χ0) is 11.8. The third kappa shape index (κ3) is 1.57. The van der Waals surface area contributed by atoms with Gasteiger partial charge in [0.25, 0.3) is 0 Å². The Kier molecular flexibility index (Phi) is 2.14. The molecule has 0 bridgehead atoms. The molecule has 3 rings (SSSR count). The first-order valence-electron chi connectivity index (χ1n) is 5.45. The number of hydrogen-bond donors (Lipinski definition) is 1. The highest BCUT2D eigenvalue weighted by Gasteiger charge is 2.12. The Morgan fingerprint density at radius 2 is 2.18 bits per heavy atom. The second-order valence-corrected chi connectivity index (χ2v) is 4.16. The molecule has 6 heteroatoms. The first-order chi connectivity index (χ1) is 8.25. The molecule has 1 N–H and O–H groups in total. The van der Waals surface area contributed by atoms with E-state index in [0.29, 0.717) is 11.7 Å². The fourth-order valence-electron chi connectivity index (χ4n) is 1.66. The summed E-state index contributed by atoms with van der Waals surface area (Å²) in [6.45, 7) is 4.14. The average molecular weight is 228 g/mol. The summed E-state index contributed by atoms with van der Waals surface area (Å²) in [5.74, 6) is 1.87. The maximum absolute atomic E-state index is 4.45. The minimum atomic E-state index is 0.330. The molecule has 17 heavy (non-hydrogen) atoms. The minimum Gasteiger partial charge on any atom is -0.262 e. The fourth-order valence-corrected chi connectivity index (χ4v) is 1.66.